The third-order valence-corrected chi connectivity index (χ3v) is 38.8. The molecule has 834 valence electrons. The van der Waals surface area contributed by atoms with Crippen molar-refractivity contribution in [2.24, 2.45) is 23.7 Å². The number of hydrogen-bond donors (Lipinski definition) is 8. The Morgan fingerprint density at radius 3 is 0.993 bits per heavy atom. The van der Waals surface area contributed by atoms with Gasteiger partial charge in [-0.05, 0) is 94.9 Å². The molecule has 13 rings (SSSR count). The second-order valence-electron chi connectivity index (χ2n) is 36.1. The number of aldehydes is 1. The molecule has 0 aliphatic carbocycles. The summed E-state index contributed by atoms with van der Waals surface area (Å²) in [4.78, 5) is 136. The molecule has 46 nitrogen and oxygen atoms in total. The quantitative estimate of drug-likeness (QED) is 0.00816. The first-order chi connectivity index (χ1) is 70.1. The molecule has 0 radical (unpaired) electrons. The zero-order chi connectivity index (χ0) is 112. The normalized spacial score (nSPS) is 24.0. The Balaban J connectivity index is 0.000000356. The zero-order valence-electron chi connectivity index (χ0n) is 89.4. The summed E-state index contributed by atoms with van der Waals surface area (Å²) in [7, 11) is -8.85. The third-order valence-electron chi connectivity index (χ3n) is 23.5. The van der Waals surface area contributed by atoms with Crippen molar-refractivity contribution in [1.29, 1.82) is 0 Å². The maximum Gasteiger partial charge on any atom is 1.00 e. The molecular weight excluding hydrogens is 2110 g/mol. The van der Waals surface area contributed by atoms with Crippen LogP contribution in [-0.4, -0.2) is 245 Å². The molecule has 5 aliphatic rings. The molecule has 0 spiro atoms. The molecule has 5 unspecified atom stereocenters. The number of aliphatic hydroxyl groups is 2. The fourth-order valence-corrected chi connectivity index (χ4v) is 26.9. The van der Waals surface area contributed by atoms with Crippen molar-refractivity contribution in [1.82, 2.24) is 47.8 Å². The van der Waals surface area contributed by atoms with Gasteiger partial charge in [-0.3, -0.25) is 90.0 Å². The first kappa shape index (κ1) is 135. The van der Waals surface area contributed by atoms with Crippen molar-refractivity contribution in [2.45, 2.75) is 258 Å². The number of nitrogens with one attached hydrogen (secondary N) is 5. The van der Waals surface area contributed by atoms with Crippen molar-refractivity contribution in [3.8, 4) is 0 Å². The third kappa shape index (κ3) is 39.1. The van der Waals surface area contributed by atoms with Gasteiger partial charge in [-0.2, -0.15) is 19.5 Å². The molecule has 20 atom stereocenters. The number of aryl methyl sites for hydroxylation is 1. The molecule has 8 N–H and O–H groups in total. The van der Waals surface area contributed by atoms with Crippen LogP contribution >= 0.6 is 33.9 Å². The van der Waals surface area contributed by atoms with E-state index >= 15 is 0 Å². The number of hydrogen-bond acceptors (Lipinski definition) is 35. The smallest absolute Gasteiger partial charge is 0.850 e. The Kier molecular flexibility index (Phi) is 57.1. The minimum absolute atomic E-state index is 0. The zero-order valence-corrected chi connectivity index (χ0v) is 97.8. The van der Waals surface area contributed by atoms with E-state index in [0.717, 1.165) is 12.0 Å². The monoisotopic (exact) mass is 2250 g/mol. The van der Waals surface area contributed by atoms with Gasteiger partial charge in [0.1, 0.15) is 49.0 Å². The SMILES string of the molecule is CC(C)(C)[O-].CC(C)(C)[Si](Cl)(c1ccccc1)c1ccccc1.CCOP(=O)(/C=C/[C@H]1O[C@@H](n2ccc(=O)[nH]c2=O)C(OC)[C@H]1C)OCC.CCOP(=O)(CP(=O)(OCC)OCC)OCC.CC[C@H]1O[C@@H](n2ccc(=O)[nH]c2=O)C(OC)[C@H]1C.CC[C@H]1O[C@@H](n2ccc(=O)[nH]c2=O)C(OC)[C@H]1O.COC1[C@@H](C)[C@@H](C=O)O[C@H]1n1ccc(=O)[nH]c1=O.COC1[C@@H](C)[C@@H](CO)O[C@H]1n1ccc(=O)[nH]c1=O.Cc1ccc(S(=O)(=O)O)cc1.[K+]. The average Bonchev–Trinajstić information content (AvgIpc) is 1.17. The van der Waals surface area contributed by atoms with Crippen molar-refractivity contribution >= 4 is 68.0 Å². The van der Waals surface area contributed by atoms with Gasteiger partial charge in [-0.1, -0.05) is 161 Å². The number of benzene rings is 3. The number of methoxy groups -OCH3 is 5. The number of carbonyl (C=O) groups excluding carboxylic acids is 1. The Morgan fingerprint density at radius 1 is 0.433 bits per heavy atom. The van der Waals surface area contributed by atoms with Gasteiger partial charge in [0.15, 0.2) is 37.0 Å². The van der Waals surface area contributed by atoms with E-state index < -0.39 is 182 Å². The molecule has 5 saturated heterocycles. The number of aromatic nitrogens is 10. The van der Waals surface area contributed by atoms with Crippen LogP contribution in [-0.2, 0) is 103 Å². The Labute approximate surface area is 918 Å². The van der Waals surface area contributed by atoms with E-state index in [1.807, 2.05) is 60.6 Å². The van der Waals surface area contributed by atoms with Crippen molar-refractivity contribution in [3.63, 3.8) is 0 Å². The van der Waals surface area contributed by atoms with Crippen LogP contribution in [0.25, 0.3) is 0 Å². The molecule has 53 heteroatoms. The van der Waals surface area contributed by atoms with Crippen LogP contribution in [0.1, 0.15) is 174 Å². The van der Waals surface area contributed by atoms with Gasteiger partial charge in [0.05, 0.1) is 75.6 Å². The number of ether oxygens (including phenoxy) is 10. The number of H-pyrrole nitrogens is 5. The van der Waals surface area contributed by atoms with E-state index in [2.05, 4.69) is 94.2 Å². The Bertz CT molecular complexity index is 6070. The minimum atomic E-state index is -4.02. The standard InChI is InChI=1S/C16H19ClSi.C16H25N2O7P.C12H18N2O4.C11H16N2O5.C11H14N2O5.C11H16N2O5.C9H22O6P2.C7H8O3S.C4H9O.K/c1-16(2,3)18(17,14-10-6-4-7-11-14)15-12-8-5-9-13-15;1-5-23-26(21,24-6-2)10-8-12-11(3)14(22-4)15(25-12)18-9-7-13(19)17-16(18)20;1-4-8-7(2)10(17-3)11(18-8)14-6-5-9(15)13-12(14)16;2*1-6-7(5-14)18-10(9(6)17-2)13-4-3-8(15)12-11(13)16;1-3-6-8(15)9(17-2)10(18-6)13-5-4-7(14)12-11(13)16;1-5-12-16(10,13-6-2)9-17(11,14-7-3)15-8-4;1-6-2-4-7(5-3-6)11(8,9)10;1-4(2,3)5;/h4-13H,1-3H3;7-12,14-15H,5-6H2,1-4H3,(H,17,19,20);5-8,10-11H,4H2,1-3H3,(H,13,15,16);3-4,6-7,9-10,14H,5H2,1-2H3,(H,12,15,16);3-7,9-10H,1-2H3,(H,12,15,16);4-6,8-10,15H,3H2,1-2H3,(H,12,14,16);5-9H2,1-4H3;2-5H,1H3,(H,8,9,10);1-3H3;/q;;;;;;;;-1;+1/b;10-8+;;;;;;;;/t;11-,12+,14?,15+;7-,8+,10?,11+;2*6-,7+,9?,10+;6-,8+,9?,10-;;;;/m.00001..../s1. The molecule has 0 saturated carbocycles. The topological polar surface area (TPSA) is 608 Å². The predicted octanol–water partition coefficient (Wildman–Crippen LogP) is 5.59. The largest absolute Gasteiger partial charge is 1.00 e. The van der Waals surface area contributed by atoms with Crippen LogP contribution in [0.15, 0.2) is 211 Å². The van der Waals surface area contributed by atoms with Crippen LogP contribution < -0.4 is 123 Å². The van der Waals surface area contributed by atoms with E-state index in [-0.39, 0.29) is 155 Å². The first-order valence-electron chi connectivity index (χ1n) is 48.2. The van der Waals surface area contributed by atoms with Crippen LogP contribution in [0.2, 0.25) is 5.04 Å². The Morgan fingerprint density at radius 2 is 0.713 bits per heavy atom. The van der Waals surface area contributed by atoms with Gasteiger partial charge in [0.2, 0.25) is 7.38 Å². The number of nitrogens with zero attached hydrogens (tertiary/aromatic N) is 5. The molecule has 0 amide bonds. The summed E-state index contributed by atoms with van der Waals surface area (Å²) >= 11 is 7.21. The summed E-state index contributed by atoms with van der Waals surface area (Å²) in [5.74, 6) is 0.871. The van der Waals surface area contributed by atoms with Crippen molar-refractivity contribution in [3.05, 3.63) is 268 Å². The van der Waals surface area contributed by atoms with Gasteiger partial charge in [-0.15, -0.1) is 5.60 Å². The minimum Gasteiger partial charge on any atom is -0.850 e. The summed E-state index contributed by atoms with van der Waals surface area (Å²) < 4.78 is 159. The molecule has 5 aliphatic heterocycles. The van der Waals surface area contributed by atoms with Gasteiger partial charge in [0.25, 0.3) is 37.9 Å². The number of carbonyl (C=O) groups is 1. The summed E-state index contributed by atoms with van der Waals surface area (Å²) in [5, 5.41) is 31.9. The first-order valence-corrected chi connectivity index (χ1v) is 57.7. The number of rotatable bonds is 33. The molecule has 0 bridgehead atoms. The second-order valence-corrected chi connectivity index (χ2v) is 49.7. The molecule has 10 heterocycles. The van der Waals surface area contributed by atoms with Crippen LogP contribution in [0.4, 0.5) is 0 Å². The number of halogens is 1. The molecule has 150 heavy (non-hydrogen) atoms. The van der Waals surface area contributed by atoms with Crippen molar-refractivity contribution in [2.75, 3.05) is 87.7 Å². The second kappa shape index (κ2) is 63.6. The average molecular weight is 2260 g/mol. The van der Waals surface area contributed by atoms with Gasteiger partial charge in [0, 0.05) is 126 Å². The fourth-order valence-electron chi connectivity index (χ4n) is 16.3. The van der Waals surface area contributed by atoms with E-state index in [0.29, 0.717) is 12.7 Å². The van der Waals surface area contributed by atoms with Crippen molar-refractivity contribution < 1.29 is 173 Å². The van der Waals surface area contributed by atoms with Crippen LogP contribution in [0.3, 0.4) is 0 Å². The number of aromatic amines is 5. The van der Waals surface area contributed by atoms with E-state index in [1.54, 1.807) is 87.6 Å². The van der Waals surface area contributed by atoms with E-state index in [4.69, 9.17) is 90.1 Å². The maximum absolute atomic E-state index is 12.6. The molecule has 8 aromatic rings. The molecular formula is C97H147ClKN10O36P3SSi. The Hall–Kier alpha value is -7.55. The maximum atomic E-state index is 12.6. The van der Waals surface area contributed by atoms with Crippen LogP contribution in [0.5, 0.6) is 0 Å². The van der Waals surface area contributed by atoms with Gasteiger partial charge < -0.3 is 94.6 Å². The molecule has 5 fully saturated rings. The summed E-state index contributed by atoms with van der Waals surface area (Å²) in [6.45, 7) is 36.5. The van der Waals surface area contributed by atoms with Gasteiger partial charge in [-0.25, -0.2) is 24.0 Å². The summed E-state index contributed by atoms with van der Waals surface area (Å²) in [6.07, 6.45) is 2.60. The van der Waals surface area contributed by atoms with Gasteiger partial charge >= 0.3 is 103 Å². The summed E-state index contributed by atoms with van der Waals surface area (Å²) in [6, 6.07) is 33.3. The predicted molar refractivity (Wildman–Crippen MR) is 557 cm³/mol. The van der Waals surface area contributed by atoms with E-state index in [9.17, 15) is 90.2 Å². The molecule has 3 aromatic carbocycles. The molecule has 5 aromatic heterocycles. The summed E-state index contributed by atoms with van der Waals surface area (Å²) in [5.41, 5.74) is -4.91. The van der Waals surface area contributed by atoms with Crippen LogP contribution in [0, 0.1) is 30.6 Å². The van der Waals surface area contributed by atoms with E-state index in [1.165, 1.54) is 141 Å². The number of aliphatic hydroxyl groups excluding tert-OH is 2. The fraction of sp³-hybridized carbons (Fsp3) is 0.577.